The average Bonchev–Trinajstić information content (AvgIpc) is 3.27. The summed E-state index contributed by atoms with van der Waals surface area (Å²) in [4.78, 5) is 16.1. The maximum Gasteiger partial charge on any atom is 0.513 e. The van der Waals surface area contributed by atoms with Crippen LogP contribution in [-0.4, -0.2) is 37.8 Å². The van der Waals surface area contributed by atoms with E-state index in [1.165, 1.54) is 11.8 Å². The van der Waals surface area contributed by atoms with Gasteiger partial charge in [-0.15, -0.1) is 0 Å². The summed E-state index contributed by atoms with van der Waals surface area (Å²) in [6.45, 7) is 3.66. The van der Waals surface area contributed by atoms with E-state index < -0.39 is 6.16 Å². The first-order valence-electron chi connectivity index (χ1n) is 8.34. The number of methoxy groups -OCH3 is 1. The van der Waals surface area contributed by atoms with Crippen molar-refractivity contribution in [1.82, 2.24) is 24.5 Å². The van der Waals surface area contributed by atoms with Crippen molar-refractivity contribution in [2.24, 2.45) is 7.05 Å². The molecule has 0 aromatic carbocycles. The van der Waals surface area contributed by atoms with Crippen molar-refractivity contribution >= 4 is 17.6 Å². The number of aromatic nitrogens is 5. The van der Waals surface area contributed by atoms with Gasteiger partial charge in [-0.25, -0.2) is 9.48 Å². The van der Waals surface area contributed by atoms with Crippen LogP contribution in [-0.2, 0) is 16.5 Å². The summed E-state index contributed by atoms with van der Waals surface area (Å²) in [5, 5.41) is 18.6. The number of rotatable bonds is 4. The van der Waals surface area contributed by atoms with E-state index in [0.717, 1.165) is 11.3 Å². The van der Waals surface area contributed by atoms with E-state index in [1.54, 1.807) is 36.3 Å². The van der Waals surface area contributed by atoms with Crippen LogP contribution < -0.4 is 0 Å². The molecular formula is C19H18N6O3. The van der Waals surface area contributed by atoms with Crippen LogP contribution in [0.3, 0.4) is 0 Å². The van der Waals surface area contributed by atoms with Crippen molar-refractivity contribution in [3.05, 3.63) is 53.6 Å². The van der Waals surface area contributed by atoms with Gasteiger partial charge in [0.2, 0.25) is 0 Å². The molecule has 0 aliphatic heterocycles. The summed E-state index contributed by atoms with van der Waals surface area (Å²) in [5.74, 6) is 0.00520. The second-order valence-corrected chi connectivity index (χ2v) is 5.89. The Labute approximate surface area is 161 Å². The topological polar surface area (TPSA) is 108 Å². The standard InChI is InChI=1S/C19H18N6O3/c1-12-13(2)22-24(3)17(12)18(28-19(26)27-4)16(11-20)25-10-8-15(23-25)14-7-5-6-9-21-14/h5-10H,1-4H3. The van der Waals surface area contributed by atoms with E-state index in [4.69, 9.17) is 4.74 Å². The zero-order valence-corrected chi connectivity index (χ0v) is 15.9. The van der Waals surface area contributed by atoms with Crippen LogP contribution in [0.15, 0.2) is 36.7 Å². The van der Waals surface area contributed by atoms with Crippen LogP contribution in [0, 0.1) is 25.2 Å². The van der Waals surface area contributed by atoms with E-state index in [-0.39, 0.29) is 11.5 Å². The van der Waals surface area contributed by atoms with E-state index in [2.05, 4.69) is 26.0 Å². The van der Waals surface area contributed by atoms with Crippen LogP contribution in [0.4, 0.5) is 4.79 Å². The van der Waals surface area contributed by atoms with Crippen LogP contribution in [0.25, 0.3) is 22.8 Å². The van der Waals surface area contributed by atoms with Crippen molar-refractivity contribution in [3.8, 4) is 17.5 Å². The van der Waals surface area contributed by atoms with E-state index >= 15 is 0 Å². The molecule has 0 unspecified atom stereocenters. The van der Waals surface area contributed by atoms with Crippen LogP contribution in [0.5, 0.6) is 0 Å². The molecule has 9 heteroatoms. The molecule has 0 saturated carbocycles. The summed E-state index contributed by atoms with van der Waals surface area (Å²) in [6, 6.07) is 9.23. The third-order valence-corrected chi connectivity index (χ3v) is 4.16. The SMILES string of the molecule is COC(=O)OC(=C(C#N)n1ccc(-c2ccccn2)n1)c1c(C)c(C)nn1C. The maximum atomic E-state index is 11.8. The number of allylic oxidation sites excluding steroid dienone is 1. The maximum absolute atomic E-state index is 11.8. The van der Waals surface area contributed by atoms with Gasteiger partial charge in [0.15, 0.2) is 11.5 Å². The molecule has 0 amide bonds. The van der Waals surface area contributed by atoms with E-state index in [1.807, 2.05) is 26.0 Å². The fourth-order valence-electron chi connectivity index (χ4n) is 2.72. The molecule has 142 valence electrons. The molecule has 0 saturated heterocycles. The Balaban J connectivity index is 2.18. The number of aryl methyl sites for hydroxylation is 2. The smallest absolute Gasteiger partial charge is 0.437 e. The van der Waals surface area contributed by atoms with Crippen LogP contribution >= 0.6 is 0 Å². The lowest BCUT2D eigenvalue weighted by Crippen LogP contribution is -2.12. The largest absolute Gasteiger partial charge is 0.513 e. The molecule has 0 aliphatic carbocycles. The number of carbonyl (C=O) groups is 1. The van der Waals surface area contributed by atoms with Crippen molar-refractivity contribution in [3.63, 3.8) is 0 Å². The first kappa shape index (κ1) is 18.8. The molecule has 0 spiro atoms. The molecule has 0 atom stereocenters. The lowest BCUT2D eigenvalue weighted by Gasteiger charge is -2.12. The van der Waals surface area contributed by atoms with Gasteiger partial charge in [0, 0.05) is 25.0 Å². The van der Waals surface area contributed by atoms with Gasteiger partial charge in [-0.3, -0.25) is 9.67 Å². The van der Waals surface area contributed by atoms with Crippen molar-refractivity contribution < 1.29 is 14.3 Å². The molecule has 9 nitrogen and oxygen atoms in total. The zero-order valence-electron chi connectivity index (χ0n) is 15.9. The number of ether oxygens (including phenoxy) is 2. The Morgan fingerprint density at radius 3 is 2.54 bits per heavy atom. The lowest BCUT2D eigenvalue weighted by molar-refractivity contribution is 0.112. The van der Waals surface area contributed by atoms with Gasteiger partial charge in [-0.2, -0.15) is 15.5 Å². The summed E-state index contributed by atoms with van der Waals surface area (Å²) >= 11 is 0. The highest BCUT2D eigenvalue weighted by atomic mass is 16.7. The normalized spacial score (nSPS) is 11.5. The Kier molecular flexibility index (Phi) is 5.22. The van der Waals surface area contributed by atoms with Gasteiger partial charge >= 0.3 is 6.16 Å². The third-order valence-electron chi connectivity index (χ3n) is 4.16. The highest BCUT2D eigenvalue weighted by molar-refractivity contribution is 5.89. The number of pyridine rings is 1. The minimum absolute atomic E-state index is 0.00520. The van der Waals surface area contributed by atoms with E-state index in [0.29, 0.717) is 17.1 Å². The average molecular weight is 378 g/mol. The van der Waals surface area contributed by atoms with Gasteiger partial charge in [0.05, 0.1) is 18.5 Å². The Morgan fingerprint density at radius 2 is 1.96 bits per heavy atom. The van der Waals surface area contributed by atoms with Gasteiger partial charge in [-0.05, 0) is 32.0 Å². The first-order valence-corrected chi connectivity index (χ1v) is 8.34. The van der Waals surface area contributed by atoms with Gasteiger partial charge in [0.25, 0.3) is 0 Å². The van der Waals surface area contributed by atoms with E-state index in [9.17, 15) is 10.1 Å². The highest BCUT2D eigenvalue weighted by Gasteiger charge is 2.24. The molecular weight excluding hydrogens is 360 g/mol. The highest BCUT2D eigenvalue weighted by Crippen LogP contribution is 2.28. The van der Waals surface area contributed by atoms with Gasteiger partial charge < -0.3 is 9.47 Å². The van der Waals surface area contributed by atoms with Crippen molar-refractivity contribution in [1.29, 1.82) is 5.26 Å². The van der Waals surface area contributed by atoms with Crippen LogP contribution in [0.2, 0.25) is 0 Å². The number of hydrogen-bond donors (Lipinski definition) is 0. The number of nitriles is 1. The molecule has 3 rings (SSSR count). The van der Waals surface area contributed by atoms with Crippen LogP contribution in [0.1, 0.15) is 17.0 Å². The Morgan fingerprint density at radius 1 is 1.18 bits per heavy atom. The summed E-state index contributed by atoms with van der Waals surface area (Å²) in [5.41, 5.74) is 3.24. The number of carbonyl (C=O) groups excluding carboxylic acids is 1. The van der Waals surface area contributed by atoms with Crippen molar-refractivity contribution in [2.75, 3.05) is 7.11 Å². The minimum Gasteiger partial charge on any atom is -0.437 e. The van der Waals surface area contributed by atoms with Gasteiger partial charge in [0.1, 0.15) is 17.5 Å². The number of nitrogens with zero attached hydrogens (tertiary/aromatic N) is 6. The molecule has 28 heavy (non-hydrogen) atoms. The molecule has 3 aromatic heterocycles. The summed E-state index contributed by atoms with van der Waals surface area (Å²) < 4.78 is 12.8. The molecule has 0 fully saturated rings. The fraction of sp³-hybridized carbons (Fsp3) is 0.211. The Bertz CT molecular complexity index is 1090. The molecule has 3 heterocycles. The van der Waals surface area contributed by atoms with Gasteiger partial charge in [-0.1, -0.05) is 6.07 Å². The molecule has 0 aliphatic rings. The first-order chi connectivity index (χ1) is 13.5. The predicted molar refractivity (Wildman–Crippen MR) is 100 cm³/mol. The molecule has 0 bridgehead atoms. The minimum atomic E-state index is -0.946. The monoisotopic (exact) mass is 378 g/mol. The summed E-state index contributed by atoms with van der Waals surface area (Å²) in [7, 11) is 2.90. The quantitative estimate of drug-likeness (QED) is 0.390. The van der Waals surface area contributed by atoms with Crippen molar-refractivity contribution in [2.45, 2.75) is 13.8 Å². The lowest BCUT2D eigenvalue weighted by atomic mass is 10.1. The second-order valence-electron chi connectivity index (χ2n) is 5.89. The Hall–Kier alpha value is -3.93. The fourth-order valence-corrected chi connectivity index (χ4v) is 2.72. The third kappa shape index (κ3) is 3.48. The molecule has 0 N–H and O–H groups in total. The molecule has 0 radical (unpaired) electrons. The second kappa shape index (κ2) is 7.75. The summed E-state index contributed by atoms with van der Waals surface area (Å²) in [6.07, 6.45) is 2.31. The zero-order chi connectivity index (χ0) is 20.3. The predicted octanol–water partition coefficient (Wildman–Crippen LogP) is 2.93. The number of hydrogen-bond acceptors (Lipinski definition) is 7. The molecule has 3 aromatic rings.